The lowest BCUT2D eigenvalue weighted by molar-refractivity contribution is -0.145. The maximum absolute atomic E-state index is 12.0. The maximum atomic E-state index is 12.0. The van der Waals surface area contributed by atoms with E-state index in [1.54, 1.807) is 0 Å². The van der Waals surface area contributed by atoms with Gasteiger partial charge in [-0.05, 0) is 49.7 Å². The van der Waals surface area contributed by atoms with Gasteiger partial charge in [0.2, 0.25) is 0 Å². The van der Waals surface area contributed by atoms with Crippen LogP contribution in [0.4, 0.5) is 0 Å². The van der Waals surface area contributed by atoms with Crippen LogP contribution in [0, 0.1) is 17.3 Å². The third-order valence-corrected chi connectivity index (χ3v) is 4.96. The summed E-state index contributed by atoms with van der Waals surface area (Å²) in [6, 6.07) is 10.4. The minimum atomic E-state index is -0.0299. The highest BCUT2D eigenvalue weighted by molar-refractivity contribution is 5.78. The maximum Gasteiger partial charge on any atom is 0.309 e. The minimum absolute atomic E-state index is 0.0299. The van der Waals surface area contributed by atoms with Crippen molar-refractivity contribution in [2.24, 2.45) is 17.3 Å². The zero-order chi connectivity index (χ0) is 15.6. The molecule has 114 valence electrons. The molecule has 0 spiro atoms. The SMILES string of the molecule is CCOC(=O)C1C(CC(C)=C(C)c2ccccc2)C1(C)C. The molecule has 0 aromatic heterocycles. The number of ether oxygens (including phenoxy) is 1. The Morgan fingerprint density at radius 3 is 2.38 bits per heavy atom. The van der Waals surface area contributed by atoms with Crippen LogP contribution in [0.5, 0.6) is 0 Å². The molecule has 0 radical (unpaired) electrons. The van der Waals surface area contributed by atoms with Gasteiger partial charge < -0.3 is 4.74 Å². The number of hydrogen-bond donors (Lipinski definition) is 0. The molecule has 1 fully saturated rings. The Bertz CT molecular complexity index is 540. The van der Waals surface area contributed by atoms with E-state index >= 15 is 0 Å². The average Bonchev–Trinajstić information content (AvgIpc) is 3.00. The highest BCUT2D eigenvalue weighted by Gasteiger charge is 2.62. The predicted molar refractivity (Wildman–Crippen MR) is 86.7 cm³/mol. The molecule has 2 unspecified atom stereocenters. The number of rotatable bonds is 5. The summed E-state index contributed by atoms with van der Waals surface area (Å²) in [6.07, 6.45) is 0.969. The van der Waals surface area contributed by atoms with E-state index in [2.05, 4.69) is 52.0 Å². The highest BCUT2D eigenvalue weighted by Crippen LogP contribution is 2.61. The number of esters is 1. The van der Waals surface area contributed by atoms with E-state index in [-0.39, 0.29) is 17.3 Å². The fraction of sp³-hybridized carbons (Fsp3) is 0.526. The lowest BCUT2D eigenvalue weighted by atomic mass is 9.96. The number of carbonyl (C=O) groups excluding carboxylic acids is 1. The van der Waals surface area contributed by atoms with E-state index in [0.717, 1.165) is 6.42 Å². The van der Waals surface area contributed by atoms with Crippen LogP contribution in [-0.2, 0) is 9.53 Å². The van der Waals surface area contributed by atoms with Gasteiger partial charge in [0.05, 0.1) is 12.5 Å². The monoisotopic (exact) mass is 286 g/mol. The van der Waals surface area contributed by atoms with Crippen LogP contribution in [0.25, 0.3) is 5.57 Å². The molecule has 1 aromatic rings. The molecular formula is C19H26O2. The van der Waals surface area contributed by atoms with Crippen molar-refractivity contribution in [3.63, 3.8) is 0 Å². The summed E-state index contributed by atoms with van der Waals surface area (Å²) >= 11 is 0. The molecule has 0 aliphatic heterocycles. The van der Waals surface area contributed by atoms with Gasteiger partial charge in [-0.25, -0.2) is 0 Å². The van der Waals surface area contributed by atoms with Crippen LogP contribution in [0.3, 0.4) is 0 Å². The molecular weight excluding hydrogens is 260 g/mol. The fourth-order valence-electron chi connectivity index (χ4n) is 3.24. The van der Waals surface area contributed by atoms with E-state index < -0.39 is 0 Å². The van der Waals surface area contributed by atoms with Crippen molar-refractivity contribution in [2.45, 2.75) is 41.0 Å². The Hall–Kier alpha value is -1.57. The molecule has 1 aliphatic rings. The summed E-state index contributed by atoms with van der Waals surface area (Å²) in [6.45, 7) is 11.0. The number of benzene rings is 1. The second-order valence-electron chi connectivity index (χ2n) is 6.63. The molecule has 0 amide bonds. The standard InChI is InChI=1S/C19H26O2/c1-6-21-18(20)17-16(19(17,4)5)12-13(2)14(3)15-10-8-7-9-11-15/h7-11,16-17H,6,12H2,1-5H3. The third-order valence-electron chi connectivity index (χ3n) is 4.96. The smallest absolute Gasteiger partial charge is 0.309 e. The molecule has 2 heteroatoms. The number of allylic oxidation sites excluding steroid dienone is 2. The van der Waals surface area contributed by atoms with E-state index in [9.17, 15) is 4.79 Å². The zero-order valence-corrected chi connectivity index (χ0v) is 13.8. The minimum Gasteiger partial charge on any atom is -0.466 e. The van der Waals surface area contributed by atoms with Gasteiger partial charge in [-0.15, -0.1) is 0 Å². The zero-order valence-electron chi connectivity index (χ0n) is 13.8. The Labute approximate surface area is 128 Å². The summed E-state index contributed by atoms with van der Waals surface area (Å²) in [7, 11) is 0. The molecule has 0 heterocycles. The molecule has 0 N–H and O–H groups in total. The summed E-state index contributed by atoms with van der Waals surface area (Å²) in [5.41, 5.74) is 4.01. The van der Waals surface area contributed by atoms with Crippen molar-refractivity contribution in [3.8, 4) is 0 Å². The molecule has 1 saturated carbocycles. The molecule has 2 atom stereocenters. The van der Waals surface area contributed by atoms with Crippen molar-refractivity contribution in [3.05, 3.63) is 41.5 Å². The normalized spacial score (nSPS) is 24.2. The first-order valence-corrected chi connectivity index (χ1v) is 7.78. The van der Waals surface area contributed by atoms with E-state index in [1.807, 2.05) is 13.0 Å². The van der Waals surface area contributed by atoms with Crippen molar-refractivity contribution in [2.75, 3.05) is 6.61 Å². The van der Waals surface area contributed by atoms with Crippen LogP contribution in [0.15, 0.2) is 35.9 Å². The summed E-state index contributed by atoms with van der Waals surface area (Å²) in [5, 5.41) is 0. The fourth-order valence-corrected chi connectivity index (χ4v) is 3.24. The molecule has 2 nitrogen and oxygen atoms in total. The molecule has 1 aliphatic carbocycles. The highest BCUT2D eigenvalue weighted by atomic mass is 16.5. The van der Waals surface area contributed by atoms with Crippen LogP contribution >= 0.6 is 0 Å². The van der Waals surface area contributed by atoms with Gasteiger partial charge in [-0.2, -0.15) is 0 Å². The van der Waals surface area contributed by atoms with Crippen molar-refractivity contribution >= 4 is 11.5 Å². The molecule has 21 heavy (non-hydrogen) atoms. The van der Waals surface area contributed by atoms with Crippen LogP contribution in [-0.4, -0.2) is 12.6 Å². The van der Waals surface area contributed by atoms with Crippen LogP contribution in [0.1, 0.15) is 46.6 Å². The van der Waals surface area contributed by atoms with Crippen LogP contribution < -0.4 is 0 Å². The van der Waals surface area contributed by atoms with E-state index in [1.165, 1.54) is 16.7 Å². The first-order chi connectivity index (χ1) is 9.89. The molecule has 2 rings (SSSR count). The first kappa shape index (κ1) is 15.8. The van der Waals surface area contributed by atoms with Gasteiger partial charge in [0.15, 0.2) is 0 Å². The van der Waals surface area contributed by atoms with Crippen LogP contribution in [0.2, 0.25) is 0 Å². The second-order valence-corrected chi connectivity index (χ2v) is 6.63. The summed E-state index contributed by atoms with van der Waals surface area (Å²) < 4.78 is 5.20. The van der Waals surface area contributed by atoms with Gasteiger partial charge in [-0.1, -0.05) is 49.8 Å². The molecule has 0 bridgehead atoms. The summed E-state index contributed by atoms with van der Waals surface area (Å²) in [4.78, 5) is 12.0. The van der Waals surface area contributed by atoms with Crippen molar-refractivity contribution in [1.82, 2.24) is 0 Å². The molecule has 1 aromatic carbocycles. The van der Waals surface area contributed by atoms with E-state index in [0.29, 0.717) is 12.5 Å². The predicted octanol–water partition coefficient (Wildman–Crippen LogP) is 4.71. The Morgan fingerprint density at radius 2 is 1.81 bits per heavy atom. The van der Waals surface area contributed by atoms with E-state index in [4.69, 9.17) is 4.74 Å². The lowest BCUT2D eigenvalue weighted by Gasteiger charge is -2.09. The Kier molecular flexibility index (Phi) is 4.55. The van der Waals surface area contributed by atoms with Gasteiger partial charge in [0.25, 0.3) is 0 Å². The first-order valence-electron chi connectivity index (χ1n) is 7.78. The largest absolute Gasteiger partial charge is 0.466 e. The number of carbonyl (C=O) groups is 1. The molecule has 0 saturated heterocycles. The Balaban J connectivity index is 2.10. The van der Waals surface area contributed by atoms with Gasteiger partial charge >= 0.3 is 5.97 Å². The lowest BCUT2D eigenvalue weighted by Crippen LogP contribution is -2.10. The quantitative estimate of drug-likeness (QED) is 0.733. The van der Waals surface area contributed by atoms with Gasteiger partial charge in [0, 0.05) is 0 Å². The topological polar surface area (TPSA) is 26.3 Å². The summed E-state index contributed by atoms with van der Waals surface area (Å²) in [5.74, 6) is 0.420. The van der Waals surface area contributed by atoms with Gasteiger partial charge in [0.1, 0.15) is 0 Å². The Morgan fingerprint density at radius 1 is 1.19 bits per heavy atom. The third kappa shape index (κ3) is 3.20. The average molecular weight is 286 g/mol. The van der Waals surface area contributed by atoms with Crippen molar-refractivity contribution < 1.29 is 9.53 Å². The van der Waals surface area contributed by atoms with Gasteiger partial charge in [-0.3, -0.25) is 4.79 Å². The van der Waals surface area contributed by atoms with Crippen molar-refractivity contribution in [1.29, 1.82) is 0 Å². The number of hydrogen-bond acceptors (Lipinski definition) is 2. The second kappa shape index (κ2) is 6.05.